The molecule has 1 unspecified atom stereocenters. The molecule has 0 fully saturated rings. The lowest BCUT2D eigenvalue weighted by atomic mass is 10.1. The molecular weight excluding hydrogens is 259 g/mol. The van der Waals surface area contributed by atoms with Crippen molar-refractivity contribution >= 4 is 28.5 Å². The Morgan fingerprint density at radius 3 is 2.20 bits per heavy atom. The lowest BCUT2D eigenvalue weighted by Gasteiger charge is -2.03. The van der Waals surface area contributed by atoms with E-state index in [1.807, 2.05) is 0 Å². The Labute approximate surface area is 119 Å². The molecule has 0 saturated heterocycles. The first kappa shape index (κ1) is 11.8. The first-order valence-corrected chi connectivity index (χ1v) is 8.24. The summed E-state index contributed by atoms with van der Waals surface area (Å²) in [6.45, 7) is 2.17. The van der Waals surface area contributed by atoms with Crippen LogP contribution in [0.5, 0.6) is 0 Å². The Hall–Kier alpha value is -2.04. The molecule has 1 heterocycles. The molecule has 0 aliphatic carbocycles. The summed E-state index contributed by atoms with van der Waals surface area (Å²) in [6.07, 6.45) is 0. The van der Waals surface area contributed by atoms with E-state index in [9.17, 15) is 0 Å². The van der Waals surface area contributed by atoms with E-state index in [1.54, 1.807) is 0 Å². The number of aryl methyl sites for hydroxylation is 1. The van der Waals surface area contributed by atoms with Crippen molar-refractivity contribution in [2.24, 2.45) is 0 Å². The van der Waals surface area contributed by atoms with E-state index < -0.39 is 0 Å². The number of hydrogen-bond donors (Lipinski definition) is 0. The van der Waals surface area contributed by atoms with Gasteiger partial charge in [-0.1, -0.05) is 79.8 Å². The zero-order valence-electron chi connectivity index (χ0n) is 11.4. The van der Waals surface area contributed by atoms with Crippen molar-refractivity contribution in [3.63, 3.8) is 0 Å². The average Bonchev–Trinajstić information content (AvgIpc) is 2.82. The highest BCUT2D eigenvalue weighted by atomic mass is 31.1. The summed E-state index contributed by atoms with van der Waals surface area (Å²) >= 11 is 0. The van der Waals surface area contributed by atoms with E-state index in [0.29, 0.717) is 0 Å². The van der Waals surface area contributed by atoms with Gasteiger partial charge >= 0.3 is 0 Å². The molecule has 0 radical (unpaired) electrons. The first-order chi connectivity index (χ1) is 9.84. The molecule has 0 spiro atoms. The molecule has 0 bridgehead atoms. The second-order valence-electron chi connectivity index (χ2n) is 5.21. The Morgan fingerprint density at radius 1 is 0.650 bits per heavy atom. The van der Waals surface area contributed by atoms with Gasteiger partial charge in [0.2, 0.25) is 0 Å². The van der Waals surface area contributed by atoms with Crippen molar-refractivity contribution in [1.29, 1.82) is 0 Å². The van der Waals surface area contributed by atoms with Crippen LogP contribution >= 0.6 is 7.53 Å². The summed E-state index contributed by atoms with van der Waals surface area (Å²) in [6, 6.07) is 26.7. The van der Waals surface area contributed by atoms with E-state index in [-0.39, 0.29) is 7.53 Å². The van der Waals surface area contributed by atoms with Crippen LogP contribution in [0.2, 0.25) is 0 Å². The minimum atomic E-state index is -0.384. The maximum atomic E-state index is 2.33. The summed E-state index contributed by atoms with van der Waals surface area (Å²) in [5.41, 5.74) is 1.34. The molecule has 96 valence electrons. The standard InChI is InChI=1S/C19H15P/c1-14-11-12-19-17(13-14)16-9-5-6-10-18(16)20(19)15-7-3-2-4-8-15/h2-13H,1H3. The lowest BCUT2D eigenvalue weighted by molar-refractivity contribution is 1.52. The van der Waals surface area contributed by atoms with Gasteiger partial charge in [-0.2, -0.15) is 0 Å². The van der Waals surface area contributed by atoms with Crippen LogP contribution < -0.4 is 0 Å². The highest BCUT2D eigenvalue weighted by Crippen LogP contribution is 2.54. The predicted octanol–water partition coefficient (Wildman–Crippen LogP) is 6.28. The fourth-order valence-electron chi connectivity index (χ4n) is 2.94. The van der Waals surface area contributed by atoms with Crippen molar-refractivity contribution in [2.45, 2.75) is 6.92 Å². The first-order valence-electron chi connectivity index (χ1n) is 6.90. The van der Waals surface area contributed by atoms with E-state index in [4.69, 9.17) is 0 Å². The quantitative estimate of drug-likeness (QED) is 0.383. The van der Waals surface area contributed by atoms with Gasteiger partial charge in [0.1, 0.15) is 0 Å². The monoisotopic (exact) mass is 274 g/mol. The van der Waals surface area contributed by atoms with Crippen LogP contribution in [-0.2, 0) is 0 Å². The largest absolute Gasteiger partial charge is 0.0772 e. The van der Waals surface area contributed by atoms with Crippen molar-refractivity contribution in [3.8, 4) is 5.30 Å². The van der Waals surface area contributed by atoms with E-state index in [1.165, 1.54) is 31.9 Å². The Kier molecular flexibility index (Phi) is 2.65. The summed E-state index contributed by atoms with van der Waals surface area (Å²) < 4.78 is 0. The van der Waals surface area contributed by atoms with Crippen molar-refractivity contribution < 1.29 is 0 Å². The minimum Gasteiger partial charge on any atom is -0.0772 e. The van der Waals surface area contributed by atoms with Crippen molar-refractivity contribution in [2.75, 3.05) is 0 Å². The lowest BCUT2D eigenvalue weighted by Crippen LogP contribution is -1.70. The molecule has 1 heteroatoms. The van der Waals surface area contributed by atoms with Crippen LogP contribution in [-0.4, -0.2) is 0 Å². The van der Waals surface area contributed by atoms with Gasteiger partial charge in [0, 0.05) is 10.2 Å². The fourth-order valence-corrected chi connectivity index (χ4v) is 5.55. The van der Waals surface area contributed by atoms with Gasteiger partial charge in [-0.15, -0.1) is 0 Å². The van der Waals surface area contributed by atoms with Gasteiger partial charge in [-0.3, -0.25) is 0 Å². The molecule has 3 aromatic carbocycles. The number of rotatable bonds is 1. The van der Waals surface area contributed by atoms with E-state index in [0.717, 1.165) is 0 Å². The smallest absolute Gasteiger partial charge is 0.00685 e. The third-order valence-electron chi connectivity index (χ3n) is 3.84. The van der Waals surface area contributed by atoms with Crippen molar-refractivity contribution in [1.82, 2.24) is 0 Å². The normalized spacial score (nSPS) is 12.2. The SMILES string of the molecule is Cc1ccc2c(c1)c1ccccc1p2-c1ccccc1. The van der Waals surface area contributed by atoms with Crippen molar-refractivity contribution in [3.05, 3.63) is 78.4 Å². The zero-order chi connectivity index (χ0) is 13.5. The van der Waals surface area contributed by atoms with Crippen LogP contribution in [0.3, 0.4) is 0 Å². The summed E-state index contributed by atoms with van der Waals surface area (Å²) in [7, 11) is -0.384. The summed E-state index contributed by atoms with van der Waals surface area (Å²) in [5.74, 6) is 0. The topological polar surface area (TPSA) is 0 Å². The Morgan fingerprint density at radius 2 is 1.35 bits per heavy atom. The average molecular weight is 274 g/mol. The third kappa shape index (κ3) is 1.69. The Bertz CT molecular complexity index is 901. The molecular formula is C19H15P. The number of hydrogen-bond acceptors (Lipinski definition) is 0. The Balaban J connectivity index is 2.22. The fraction of sp³-hybridized carbons (Fsp3) is 0.0526. The highest BCUT2D eigenvalue weighted by molar-refractivity contribution is 7.67. The van der Waals surface area contributed by atoms with E-state index >= 15 is 0 Å². The molecule has 1 atom stereocenters. The summed E-state index contributed by atoms with van der Waals surface area (Å²) in [4.78, 5) is 0. The summed E-state index contributed by atoms with van der Waals surface area (Å²) in [5, 5.41) is 7.28. The molecule has 0 N–H and O–H groups in total. The van der Waals surface area contributed by atoms with Gasteiger partial charge in [0.05, 0.1) is 0 Å². The zero-order valence-corrected chi connectivity index (χ0v) is 12.3. The molecule has 0 saturated carbocycles. The van der Waals surface area contributed by atoms with Gasteiger partial charge in [-0.05, 0) is 29.1 Å². The minimum absolute atomic E-state index is 0.384. The van der Waals surface area contributed by atoms with Crippen LogP contribution in [0, 0.1) is 6.92 Å². The molecule has 0 aliphatic rings. The van der Waals surface area contributed by atoms with Gasteiger partial charge < -0.3 is 0 Å². The molecule has 0 aliphatic heterocycles. The van der Waals surface area contributed by atoms with Crippen LogP contribution in [0.1, 0.15) is 5.56 Å². The predicted molar refractivity (Wildman–Crippen MR) is 90.2 cm³/mol. The molecule has 0 nitrogen and oxygen atoms in total. The van der Waals surface area contributed by atoms with E-state index in [2.05, 4.69) is 79.7 Å². The molecule has 1 aromatic heterocycles. The maximum Gasteiger partial charge on any atom is 0.00685 e. The van der Waals surface area contributed by atoms with Gasteiger partial charge in [0.15, 0.2) is 0 Å². The van der Waals surface area contributed by atoms with Crippen LogP contribution in [0.4, 0.5) is 0 Å². The van der Waals surface area contributed by atoms with Crippen LogP contribution in [0.25, 0.3) is 26.3 Å². The highest BCUT2D eigenvalue weighted by Gasteiger charge is 2.12. The molecule has 0 amide bonds. The van der Waals surface area contributed by atoms with Gasteiger partial charge in [-0.25, -0.2) is 0 Å². The molecule has 4 rings (SSSR count). The second-order valence-corrected chi connectivity index (χ2v) is 7.36. The second kappa shape index (κ2) is 4.51. The number of benzene rings is 3. The van der Waals surface area contributed by atoms with Crippen LogP contribution in [0.15, 0.2) is 72.8 Å². The maximum absolute atomic E-state index is 2.33. The number of fused-ring (bicyclic) bond motifs is 3. The third-order valence-corrected chi connectivity index (χ3v) is 6.40. The molecule has 4 aromatic rings. The molecule has 20 heavy (non-hydrogen) atoms. The van der Waals surface area contributed by atoms with Gasteiger partial charge in [0.25, 0.3) is 0 Å².